The number of anilines is 1. The molecule has 0 saturated carbocycles. The van der Waals surface area contributed by atoms with Gasteiger partial charge in [-0.25, -0.2) is 0 Å². The van der Waals surface area contributed by atoms with Crippen molar-refractivity contribution < 1.29 is 19.2 Å². The van der Waals surface area contributed by atoms with Crippen LogP contribution in [0.2, 0.25) is 0 Å². The number of nitrogens with zero attached hydrogens (tertiary/aromatic N) is 3. The van der Waals surface area contributed by atoms with E-state index >= 15 is 0 Å². The zero-order valence-electron chi connectivity index (χ0n) is 16.1. The second kappa shape index (κ2) is 8.86. The summed E-state index contributed by atoms with van der Waals surface area (Å²) < 4.78 is 0. The van der Waals surface area contributed by atoms with Gasteiger partial charge in [-0.2, -0.15) is 0 Å². The maximum absolute atomic E-state index is 12.6. The molecule has 2 fully saturated rings. The van der Waals surface area contributed by atoms with E-state index in [2.05, 4.69) is 5.32 Å². The molecule has 2 saturated heterocycles. The summed E-state index contributed by atoms with van der Waals surface area (Å²) in [5, 5.41) is 2.80. The van der Waals surface area contributed by atoms with E-state index in [1.165, 1.54) is 11.8 Å². The fourth-order valence-corrected chi connectivity index (χ4v) is 3.68. The van der Waals surface area contributed by atoms with Crippen molar-refractivity contribution in [3.05, 3.63) is 30.3 Å². The molecule has 8 heteroatoms. The molecule has 28 heavy (non-hydrogen) atoms. The van der Waals surface area contributed by atoms with Gasteiger partial charge in [0.1, 0.15) is 6.04 Å². The molecule has 150 valence electrons. The Morgan fingerprint density at radius 1 is 1.04 bits per heavy atom. The summed E-state index contributed by atoms with van der Waals surface area (Å²) in [4.78, 5) is 53.4. The predicted molar refractivity (Wildman–Crippen MR) is 103 cm³/mol. The molecule has 2 aliphatic heterocycles. The lowest BCUT2D eigenvalue weighted by Gasteiger charge is -2.34. The number of carbonyl (C=O) groups excluding carboxylic acids is 4. The van der Waals surface area contributed by atoms with E-state index in [1.54, 1.807) is 9.80 Å². The first-order valence-corrected chi connectivity index (χ1v) is 9.65. The van der Waals surface area contributed by atoms with E-state index in [1.807, 2.05) is 30.3 Å². The smallest absolute Gasteiger partial charge is 0.243 e. The van der Waals surface area contributed by atoms with Crippen LogP contribution < -0.4 is 10.2 Å². The van der Waals surface area contributed by atoms with Crippen LogP contribution >= 0.6 is 0 Å². The van der Waals surface area contributed by atoms with Crippen molar-refractivity contribution in [2.75, 3.05) is 37.6 Å². The molecule has 1 atom stereocenters. The van der Waals surface area contributed by atoms with E-state index in [-0.39, 0.29) is 36.6 Å². The average Bonchev–Trinajstić information content (AvgIpc) is 3.10. The molecule has 0 aliphatic carbocycles. The Morgan fingerprint density at radius 3 is 2.32 bits per heavy atom. The molecule has 2 aliphatic rings. The van der Waals surface area contributed by atoms with Crippen LogP contribution in [-0.2, 0) is 19.2 Å². The number of carbonyl (C=O) groups is 4. The molecule has 3 rings (SSSR count). The summed E-state index contributed by atoms with van der Waals surface area (Å²) >= 11 is 0. The van der Waals surface area contributed by atoms with Gasteiger partial charge in [0.15, 0.2) is 0 Å². The van der Waals surface area contributed by atoms with Crippen molar-refractivity contribution >= 4 is 29.3 Å². The summed E-state index contributed by atoms with van der Waals surface area (Å²) in [6, 6.07) is 8.62. The third kappa shape index (κ3) is 4.49. The Balaban J connectivity index is 1.47. The second-order valence-electron chi connectivity index (χ2n) is 7.08. The molecule has 1 N–H and O–H groups in total. The number of amides is 4. The van der Waals surface area contributed by atoms with Crippen LogP contribution in [0.3, 0.4) is 0 Å². The first-order valence-electron chi connectivity index (χ1n) is 9.65. The van der Waals surface area contributed by atoms with Gasteiger partial charge in [-0.15, -0.1) is 0 Å². The van der Waals surface area contributed by atoms with Gasteiger partial charge in [0.05, 0.1) is 0 Å². The number of piperazine rings is 1. The zero-order valence-corrected chi connectivity index (χ0v) is 16.1. The van der Waals surface area contributed by atoms with E-state index in [9.17, 15) is 19.2 Å². The van der Waals surface area contributed by atoms with Crippen molar-refractivity contribution in [1.29, 1.82) is 0 Å². The lowest BCUT2D eigenvalue weighted by molar-refractivity contribution is -0.138. The monoisotopic (exact) mass is 386 g/mol. The van der Waals surface area contributed by atoms with Crippen LogP contribution in [0.25, 0.3) is 0 Å². The van der Waals surface area contributed by atoms with Crippen LogP contribution in [0.1, 0.15) is 26.2 Å². The van der Waals surface area contributed by atoms with Crippen molar-refractivity contribution in [3.63, 3.8) is 0 Å². The van der Waals surface area contributed by atoms with Gasteiger partial charge in [-0.3, -0.25) is 24.1 Å². The normalized spacial score (nSPS) is 19.7. The minimum Gasteiger partial charge on any atom is -0.354 e. The van der Waals surface area contributed by atoms with Gasteiger partial charge in [0, 0.05) is 58.2 Å². The number of para-hydroxylation sites is 1. The lowest BCUT2D eigenvalue weighted by atomic mass is 10.2. The molecule has 0 aromatic heterocycles. The summed E-state index contributed by atoms with van der Waals surface area (Å²) in [5.74, 6) is -0.311. The quantitative estimate of drug-likeness (QED) is 0.792. The van der Waals surface area contributed by atoms with E-state index in [4.69, 9.17) is 0 Å². The Labute approximate surface area is 164 Å². The van der Waals surface area contributed by atoms with Crippen molar-refractivity contribution in [2.24, 2.45) is 0 Å². The van der Waals surface area contributed by atoms with Gasteiger partial charge < -0.3 is 15.1 Å². The van der Waals surface area contributed by atoms with Crippen molar-refractivity contribution in [2.45, 2.75) is 32.2 Å². The zero-order chi connectivity index (χ0) is 20.1. The molecule has 2 heterocycles. The summed E-state index contributed by atoms with van der Waals surface area (Å²) in [6.45, 7) is 3.89. The van der Waals surface area contributed by atoms with E-state index in [0.717, 1.165) is 0 Å². The highest BCUT2D eigenvalue weighted by atomic mass is 16.2. The summed E-state index contributed by atoms with van der Waals surface area (Å²) in [5.41, 5.74) is 0.713. The minimum absolute atomic E-state index is 0.0217. The molecule has 8 nitrogen and oxygen atoms in total. The van der Waals surface area contributed by atoms with Crippen molar-refractivity contribution in [3.8, 4) is 0 Å². The van der Waals surface area contributed by atoms with Crippen molar-refractivity contribution in [1.82, 2.24) is 15.1 Å². The topological polar surface area (TPSA) is 90.0 Å². The Morgan fingerprint density at radius 2 is 1.68 bits per heavy atom. The fraction of sp³-hybridized carbons (Fsp3) is 0.500. The largest absolute Gasteiger partial charge is 0.354 e. The minimum atomic E-state index is -0.538. The third-order valence-electron chi connectivity index (χ3n) is 5.26. The molecular formula is C20H26N4O4. The number of benzene rings is 1. The molecule has 0 spiro atoms. The SMILES string of the molecule is CC(=O)N1CCN(C(=O)CCNC(=O)C2CCC(=O)N2c2ccccc2)CC1. The molecule has 0 bridgehead atoms. The first-order chi connectivity index (χ1) is 13.5. The van der Waals surface area contributed by atoms with Gasteiger partial charge >= 0.3 is 0 Å². The molecule has 4 amide bonds. The summed E-state index contributed by atoms with van der Waals surface area (Å²) in [7, 11) is 0. The standard InChI is InChI=1S/C20H26N4O4/c1-15(25)22-11-13-23(14-12-22)18(26)9-10-21-20(28)17-7-8-19(27)24(17)16-5-3-2-4-6-16/h2-6,17H,7-14H2,1H3,(H,21,28). The van der Waals surface area contributed by atoms with Crippen LogP contribution in [0.4, 0.5) is 5.69 Å². The molecule has 1 aromatic rings. The lowest BCUT2D eigenvalue weighted by Crippen LogP contribution is -2.50. The Bertz CT molecular complexity index is 744. The number of hydrogen-bond acceptors (Lipinski definition) is 4. The maximum atomic E-state index is 12.6. The molecule has 0 radical (unpaired) electrons. The highest BCUT2D eigenvalue weighted by Gasteiger charge is 2.36. The number of nitrogens with one attached hydrogen (secondary N) is 1. The Hall–Kier alpha value is -2.90. The number of hydrogen-bond donors (Lipinski definition) is 1. The second-order valence-corrected chi connectivity index (χ2v) is 7.08. The van der Waals surface area contributed by atoms with E-state index < -0.39 is 6.04 Å². The highest BCUT2D eigenvalue weighted by Crippen LogP contribution is 2.26. The van der Waals surface area contributed by atoms with E-state index in [0.29, 0.717) is 44.7 Å². The summed E-state index contributed by atoms with van der Waals surface area (Å²) in [6.07, 6.45) is 1.02. The molecule has 1 aromatic carbocycles. The van der Waals surface area contributed by atoms with Gasteiger partial charge in [-0.1, -0.05) is 18.2 Å². The highest BCUT2D eigenvalue weighted by molar-refractivity contribution is 6.03. The number of rotatable bonds is 5. The molecular weight excluding hydrogens is 360 g/mol. The third-order valence-corrected chi connectivity index (χ3v) is 5.26. The first kappa shape index (κ1) is 19.9. The van der Waals surface area contributed by atoms with Crippen LogP contribution in [0.5, 0.6) is 0 Å². The Kier molecular flexibility index (Phi) is 6.28. The van der Waals surface area contributed by atoms with Crippen LogP contribution in [-0.4, -0.2) is 72.2 Å². The predicted octanol–water partition coefficient (Wildman–Crippen LogP) is 0.379. The van der Waals surface area contributed by atoms with Gasteiger partial charge in [0.25, 0.3) is 0 Å². The van der Waals surface area contributed by atoms with Gasteiger partial charge in [-0.05, 0) is 18.6 Å². The van der Waals surface area contributed by atoms with Gasteiger partial charge in [0.2, 0.25) is 23.6 Å². The average molecular weight is 386 g/mol. The molecule has 1 unspecified atom stereocenters. The maximum Gasteiger partial charge on any atom is 0.243 e. The van der Waals surface area contributed by atoms with Crippen LogP contribution in [0, 0.1) is 0 Å². The fourth-order valence-electron chi connectivity index (χ4n) is 3.68. The van der Waals surface area contributed by atoms with Crippen LogP contribution in [0.15, 0.2) is 30.3 Å².